The minimum atomic E-state index is -0.893. The zero-order valence-corrected chi connectivity index (χ0v) is 12.9. The number of para-hydroxylation sites is 1. The molecule has 1 amide bonds. The fourth-order valence-corrected chi connectivity index (χ4v) is 3.00. The highest BCUT2D eigenvalue weighted by Crippen LogP contribution is 2.36. The second-order valence-corrected chi connectivity index (χ2v) is 5.82. The normalized spacial score (nSPS) is 16.2. The summed E-state index contributed by atoms with van der Waals surface area (Å²) in [6, 6.07) is 9.24. The van der Waals surface area contributed by atoms with Crippen LogP contribution in [0.25, 0.3) is 0 Å². The SMILES string of the molecule is Cc1cncc(CCC(=O)N2CC(C(=O)O)c3ccccc32)c1. The fraction of sp³-hybridized carbons (Fsp3) is 0.278. The van der Waals surface area contributed by atoms with Gasteiger partial charge in [-0.3, -0.25) is 14.6 Å². The third-order valence-electron chi connectivity index (χ3n) is 4.13. The van der Waals surface area contributed by atoms with Crippen molar-refractivity contribution in [2.45, 2.75) is 25.7 Å². The summed E-state index contributed by atoms with van der Waals surface area (Å²) in [6.45, 7) is 2.17. The number of fused-ring (bicyclic) bond motifs is 1. The Bertz CT molecular complexity index is 757. The first-order valence-electron chi connectivity index (χ1n) is 7.59. The van der Waals surface area contributed by atoms with Gasteiger partial charge >= 0.3 is 5.97 Å². The largest absolute Gasteiger partial charge is 0.481 e. The molecule has 0 saturated heterocycles. The van der Waals surface area contributed by atoms with E-state index < -0.39 is 11.9 Å². The molecule has 2 aromatic rings. The summed E-state index contributed by atoms with van der Waals surface area (Å²) in [5.41, 5.74) is 3.51. The van der Waals surface area contributed by atoms with Gasteiger partial charge in [0, 0.05) is 31.0 Å². The lowest BCUT2D eigenvalue weighted by Gasteiger charge is -2.17. The third-order valence-corrected chi connectivity index (χ3v) is 4.13. The van der Waals surface area contributed by atoms with Crippen molar-refractivity contribution >= 4 is 17.6 Å². The van der Waals surface area contributed by atoms with Gasteiger partial charge in [-0.2, -0.15) is 0 Å². The van der Waals surface area contributed by atoms with E-state index in [0.29, 0.717) is 24.1 Å². The van der Waals surface area contributed by atoms with E-state index in [2.05, 4.69) is 4.98 Å². The third kappa shape index (κ3) is 3.08. The predicted molar refractivity (Wildman–Crippen MR) is 86.5 cm³/mol. The number of hydrogen-bond acceptors (Lipinski definition) is 3. The molecule has 2 heterocycles. The number of aryl methyl sites for hydroxylation is 2. The number of rotatable bonds is 4. The molecule has 118 valence electrons. The van der Waals surface area contributed by atoms with Crippen LogP contribution >= 0.6 is 0 Å². The Balaban J connectivity index is 1.74. The predicted octanol–water partition coefficient (Wildman–Crippen LogP) is 2.54. The highest BCUT2D eigenvalue weighted by molar-refractivity contribution is 5.99. The van der Waals surface area contributed by atoms with Crippen molar-refractivity contribution in [3.05, 3.63) is 59.4 Å². The number of anilines is 1. The van der Waals surface area contributed by atoms with Crippen LogP contribution in [-0.2, 0) is 16.0 Å². The number of carbonyl (C=O) groups is 2. The maximum atomic E-state index is 12.5. The second kappa shape index (κ2) is 6.20. The number of pyridine rings is 1. The molecule has 5 heteroatoms. The number of benzene rings is 1. The molecule has 1 aliphatic rings. The van der Waals surface area contributed by atoms with E-state index in [9.17, 15) is 14.7 Å². The summed E-state index contributed by atoms with van der Waals surface area (Å²) in [5.74, 6) is -1.59. The highest BCUT2D eigenvalue weighted by Gasteiger charge is 2.35. The van der Waals surface area contributed by atoms with E-state index in [1.165, 1.54) is 0 Å². The van der Waals surface area contributed by atoms with Gasteiger partial charge in [0.2, 0.25) is 5.91 Å². The van der Waals surface area contributed by atoms with Crippen LogP contribution in [0.15, 0.2) is 42.7 Å². The summed E-state index contributed by atoms with van der Waals surface area (Å²) in [7, 11) is 0. The van der Waals surface area contributed by atoms with E-state index in [-0.39, 0.29) is 12.5 Å². The first-order chi connectivity index (χ1) is 11.1. The van der Waals surface area contributed by atoms with Gasteiger partial charge in [0.05, 0.1) is 0 Å². The van der Waals surface area contributed by atoms with Crippen LogP contribution in [0.4, 0.5) is 5.69 Å². The average molecular weight is 310 g/mol. The van der Waals surface area contributed by atoms with Gasteiger partial charge in [-0.1, -0.05) is 24.3 Å². The number of aromatic nitrogens is 1. The van der Waals surface area contributed by atoms with Crippen LogP contribution in [0.1, 0.15) is 29.0 Å². The number of hydrogen-bond donors (Lipinski definition) is 1. The molecule has 1 aromatic heterocycles. The van der Waals surface area contributed by atoms with Crippen molar-refractivity contribution in [3.8, 4) is 0 Å². The Kier molecular flexibility index (Phi) is 4.10. The maximum absolute atomic E-state index is 12.5. The number of amides is 1. The second-order valence-electron chi connectivity index (χ2n) is 5.82. The topological polar surface area (TPSA) is 70.5 Å². The molecule has 0 spiro atoms. The molecule has 0 fully saturated rings. The Hall–Kier alpha value is -2.69. The molecule has 23 heavy (non-hydrogen) atoms. The molecule has 0 bridgehead atoms. The number of carbonyl (C=O) groups excluding carboxylic acids is 1. The smallest absolute Gasteiger partial charge is 0.312 e. The Labute approximate surface area is 134 Å². The molecule has 3 rings (SSSR count). The van der Waals surface area contributed by atoms with Gasteiger partial charge in [-0.05, 0) is 36.1 Å². The van der Waals surface area contributed by atoms with Gasteiger partial charge < -0.3 is 10.0 Å². The Morgan fingerprint density at radius 2 is 2.09 bits per heavy atom. The van der Waals surface area contributed by atoms with Crippen molar-refractivity contribution in [2.75, 3.05) is 11.4 Å². The summed E-state index contributed by atoms with van der Waals surface area (Å²) >= 11 is 0. The van der Waals surface area contributed by atoms with Gasteiger partial charge in [-0.25, -0.2) is 0 Å². The monoisotopic (exact) mass is 310 g/mol. The molecule has 1 atom stereocenters. The van der Waals surface area contributed by atoms with Crippen molar-refractivity contribution < 1.29 is 14.7 Å². The molecule has 0 saturated carbocycles. The zero-order chi connectivity index (χ0) is 16.4. The number of carboxylic acid groups (broad SMARTS) is 1. The van der Waals surface area contributed by atoms with E-state index in [0.717, 1.165) is 11.1 Å². The van der Waals surface area contributed by atoms with Crippen LogP contribution in [0.3, 0.4) is 0 Å². The van der Waals surface area contributed by atoms with Gasteiger partial charge in [-0.15, -0.1) is 0 Å². The van der Waals surface area contributed by atoms with Crippen LogP contribution in [-0.4, -0.2) is 28.5 Å². The Morgan fingerprint density at radius 3 is 2.83 bits per heavy atom. The summed E-state index contributed by atoms with van der Waals surface area (Å²) in [5, 5.41) is 9.35. The number of aliphatic carboxylic acids is 1. The van der Waals surface area contributed by atoms with Gasteiger partial charge in [0.25, 0.3) is 0 Å². The number of carboxylic acids is 1. The molecule has 0 aliphatic carbocycles. The minimum absolute atomic E-state index is 0.0530. The first kappa shape index (κ1) is 15.2. The summed E-state index contributed by atoms with van der Waals surface area (Å²) in [4.78, 5) is 29.7. The highest BCUT2D eigenvalue weighted by atomic mass is 16.4. The molecule has 1 unspecified atom stereocenters. The Morgan fingerprint density at radius 1 is 1.30 bits per heavy atom. The standard InChI is InChI=1S/C18H18N2O3/c1-12-8-13(10-19-9-12)6-7-17(21)20-11-15(18(22)23)14-4-2-3-5-16(14)20/h2-5,8-10,15H,6-7,11H2,1H3,(H,22,23). The first-order valence-corrected chi connectivity index (χ1v) is 7.59. The molecule has 0 radical (unpaired) electrons. The minimum Gasteiger partial charge on any atom is -0.481 e. The maximum Gasteiger partial charge on any atom is 0.312 e. The fourth-order valence-electron chi connectivity index (χ4n) is 3.00. The summed E-state index contributed by atoms with van der Waals surface area (Å²) < 4.78 is 0. The quantitative estimate of drug-likeness (QED) is 0.942. The lowest BCUT2D eigenvalue weighted by Crippen LogP contribution is -2.31. The van der Waals surface area contributed by atoms with Crippen LogP contribution in [0.5, 0.6) is 0 Å². The van der Waals surface area contributed by atoms with Gasteiger partial charge in [0.15, 0.2) is 0 Å². The lowest BCUT2D eigenvalue weighted by molar-refractivity contribution is -0.138. The molecule has 5 nitrogen and oxygen atoms in total. The van der Waals surface area contributed by atoms with Crippen LogP contribution < -0.4 is 4.90 Å². The van der Waals surface area contributed by atoms with Crippen LogP contribution in [0, 0.1) is 6.92 Å². The van der Waals surface area contributed by atoms with Crippen LogP contribution in [0.2, 0.25) is 0 Å². The zero-order valence-electron chi connectivity index (χ0n) is 12.9. The molecule has 1 N–H and O–H groups in total. The van der Waals surface area contributed by atoms with E-state index >= 15 is 0 Å². The van der Waals surface area contributed by atoms with E-state index in [1.807, 2.05) is 25.1 Å². The van der Waals surface area contributed by atoms with Crippen molar-refractivity contribution in [2.24, 2.45) is 0 Å². The summed E-state index contributed by atoms with van der Waals surface area (Å²) in [6.07, 6.45) is 4.48. The molecular formula is C18H18N2O3. The van der Waals surface area contributed by atoms with E-state index in [4.69, 9.17) is 0 Å². The average Bonchev–Trinajstić information content (AvgIpc) is 2.93. The molecule has 1 aliphatic heterocycles. The van der Waals surface area contributed by atoms with Crippen molar-refractivity contribution in [1.29, 1.82) is 0 Å². The molecular weight excluding hydrogens is 292 g/mol. The molecule has 1 aromatic carbocycles. The lowest BCUT2D eigenvalue weighted by atomic mass is 10.0. The number of nitrogens with zero attached hydrogens (tertiary/aromatic N) is 2. The van der Waals surface area contributed by atoms with Crippen molar-refractivity contribution in [1.82, 2.24) is 4.98 Å². The van der Waals surface area contributed by atoms with E-state index in [1.54, 1.807) is 29.4 Å². The van der Waals surface area contributed by atoms with Crippen molar-refractivity contribution in [3.63, 3.8) is 0 Å². The van der Waals surface area contributed by atoms with Gasteiger partial charge in [0.1, 0.15) is 5.92 Å².